The molecular weight excluding hydrogens is 302 g/mol. The normalized spacial score (nSPS) is 11.2. The second kappa shape index (κ2) is 11.3. The van der Waals surface area contributed by atoms with Gasteiger partial charge in [-0.1, -0.05) is 32.6 Å². The molecular formula is C18H29N5O. The molecule has 6 heteroatoms. The summed E-state index contributed by atoms with van der Waals surface area (Å²) in [6.07, 6.45) is 5.17. The van der Waals surface area contributed by atoms with E-state index >= 15 is 0 Å². The van der Waals surface area contributed by atoms with E-state index in [9.17, 15) is 4.79 Å². The highest BCUT2D eigenvalue weighted by molar-refractivity contribution is 5.78. The van der Waals surface area contributed by atoms with Crippen LogP contribution in [-0.2, 0) is 4.79 Å². The van der Waals surface area contributed by atoms with Crippen LogP contribution in [0.5, 0.6) is 0 Å². The number of carbonyl (C=O) groups excluding carboxylic acids is 1. The number of anilines is 2. The molecule has 0 aliphatic carbocycles. The Morgan fingerprint density at radius 1 is 1.33 bits per heavy atom. The summed E-state index contributed by atoms with van der Waals surface area (Å²) in [6.45, 7) is 7.56. The number of rotatable bonds is 9. The van der Waals surface area contributed by atoms with Crippen molar-refractivity contribution in [2.24, 2.45) is 5.92 Å². The van der Waals surface area contributed by atoms with E-state index in [1.54, 1.807) is 13.2 Å². The number of hydrogen-bond acceptors (Lipinski definition) is 5. The summed E-state index contributed by atoms with van der Waals surface area (Å²) in [6, 6.07) is 0. The second-order valence-corrected chi connectivity index (χ2v) is 5.64. The maximum atomic E-state index is 11.7. The summed E-state index contributed by atoms with van der Waals surface area (Å²) in [4.78, 5) is 20.3. The third-order valence-electron chi connectivity index (χ3n) is 3.62. The highest BCUT2D eigenvalue weighted by Gasteiger charge is 2.08. The van der Waals surface area contributed by atoms with Gasteiger partial charge in [-0.25, -0.2) is 4.98 Å². The molecule has 0 aromatic carbocycles. The van der Waals surface area contributed by atoms with Crippen molar-refractivity contribution in [1.82, 2.24) is 15.3 Å². The number of aromatic nitrogens is 2. The van der Waals surface area contributed by atoms with Gasteiger partial charge in [0.2, 0.25) is 11.9 Å². The molecule has 0 spiro atoms. The van der Waals surface area contributed by atoms with Crippen molar-refractivity contribution in [3.8, 4) is 11.8 Å². The summed E-state index contributed by atoms with van der Waals surface area (Å²) in [5.41, 5.74) is 0.797. The fourth-order valence-corrected chi connectivity index (χ4v) is 1.88. The van der Waals surface area contributed by atoms with E-state index in [1.165, 1.54) is 0 Å². The fourth-order valence-electron chi connectivity index (χ4n) is 1.88. The van der Waals surface area contributed by atoms with Gasteiger partial charge in [-0.15, -0.1) is 0 Å². The van der Waals surface area contributed by atoms with Crippen molar-refractivity contribution in [3.63, 3.8) is 0 Å². The molecule has 1 heterocycles. The zero-order chi connectivity index (χ0) is 17.8. The Morgan fingerprint density at radius 3 is 2.79 bits per heavy atom. The Balaban J connectivity index is 2.51. The smallest absolute Gasteiger partial charge is 0.224 e. The van der Waals surface area contributed by atoms with Crippen LogP contribution in [0.25, 0.3) is 0 Å². The lowest BCUT2D eigenvalue weighted by molar-refractivity contribution is -0.124. The lowest BCUT2D eigenvalue weighted by Crippen LogP contribution is -2.29. The zero-order valence-corrected chi connectivity index (χ0v) is 15.2. The van der Waals surface area contributed by atoms with E-state index in [2.05, 4.69) is 44.7 Å². The summed E-state index contributed by atoms with van der Waals surface area (Å²) < 4.78 is 0. The van der Waals surface area contributed by atoms with Gasteiger partial charge in [0.1, 0.15) is 5.82 Å². The van der Waals surface area contributed by atoms with Crippen LogP contribution in [0.3, 0.4) is 0 Å². The lowest BCUT2D eigenvalue weighted by atomic mass is 10.1. The molecule has 0 unspecified atom stereocenters. The highest BCUT2D eigenvalue weighted by atomic mass is 16.1. The topological polar surface area (TPSA) is 78.9 Å². The van der Waals surface area contributed by atoms with Crippen LogP contribution >= 0.6 is 0 Å². The maximum absolute atomic E-state index is 11.7. The SMILES string of the molecule is CCCNc1nc(NC)ncc1C#CCCCNC(=O)[C@H](C)CC. The molecule has 24 heavy (non-hydrogen) atoms. The molecule has 132 valence electrons. The molecule has 1 aromatic heterocycles. The number of nitrogens with zero attached hydrogens (tertiary/aromatic N) is 2. The molecule has 3 N–H and O–H groups in total. The van der Waals surface area contributed by atoms with Gasteiger partial charge in [0.15, 0.2) is 0 Å². The predicted octanol–water partition coefficient (Wildman–Crippen LogP) is 2.63. The number of nitrogens with one attached hydrogen (secondary N) is 3. The average Bonchev–Trinajstić information content (AvgIpc) is 2.62. The number of amides is 1. The Bertz CT molecular complexity index is 577. The van der Waals surface area contributed by atoms with E-state index in [-0.39, 0.29) is 11.8 Å². The molecule has 0 saturated heterocycles. The molecule has 0 saturated carbocycles. The van der Waals surface area contributed by atoms with Crippen molar-refractivity contribution < 1.29 is 4.79 Å². The van der Waals surface area contributed by atoms with Crippen molar-refractivity contribution in [1.29, 1.82) is 0 Å². The Kier molecular flexibility index (Phi) is 9.28. The summed E-state index contributed by atoms with van der Waals surface area (Å²) in [7, 11) is 1.79. The first-order chi connectivity index (χ1) is 11.6. The number of hydrogen-bond donors (Lipinski definition) is 3. The van der Waals surface area contributed by atoms with Gasteiger partial charge < -0.3 is 16.0 Å². The van der Waals surface area contributed by atoms with Crippen LogP contribution in [0.1, 0.15) is 52.0 Å². The summed E-state index contributed by atoms with van der Waals surface area (Å²) in [5, 5.41) is 9.14. The van der Waals surface area contributed by atoms with Gasteiger partial charge in [-0.3, -0.25) is 4.79 Å². The molecule has 0 radical (unpaired) electrons. The van der Waals surface area contributed by atoms with Gasteiger partial charge >= 0.3 is 0 Å². The van der Waals surface area contributed by atoms with E-state index in [4.69, 9.17) is 0 Å². The van der Waals surface area contributed by atoms with Gasteiger partial charge in [0, 0.05) is 32.5 Å². The van der Waals surface area contributed by atoms with Crippen LogP contribution in [0.15, 0.2) is 6.20 Å². The first-order valence-corrected chi connectivity index (χ1v) is 8.67. The van der Waals surface area contributed by atoms with E-state index in [0.29, 0.717) is 12.5 Å². The first kappa shape index (κ1) is 19.8. The zero-order valence-electron chi connectivity index (χ0n) is 15.2. The van der Waals surface area contributed by atoms with E-state index < -0.39 is 0 Å². The Labute approximate surface area is 145 Å². The van der Waals surface area contributed by atoms with E-state index in [1.807, 2.05) is 13.8 Å². The van der Waals surface area contributed by atoms with Crippen LogP contribution in [0, 0.1) is 17.8 Å². The average molecular weight is 331 g/mol. The van der Waals surface area contributed by atoms with Gasteiger partial charge in [0.25, 0.3) is 0 Å². The van der Waals surface area contributed by atoms with Crippen LogP contribution in [-0.4, -0.2) is 36.0 Å². The van der Waals surface area contributed by atoms with Crippen molar-refractivity contribution in [3.05, 3.63) is 11.8 Å². The predicted molar refractivity (Wildman–Crippen MR) is 98.9 cm³/mol. The fraction of sp³-hybridized carbons (Fsp3) is 0.611. The minimum Gasteiger partial charge on any atom is -0.369 e. The standard InChI is InChI=1S/C18H29N5O/c1-5-11-20-16-15(13-22-18(19-4)23-16)10-8-7-9-12-21-17(24)14(3)6-2/h13-14H,5-7,9,11-12H2,1-4H3,(H,21,24)(H2,19,20,22,23)/t14-/m1/s1. The third-order valence-corrected chi connectivity index (χ3v) is 3.62. The van der Waals surface area contributed by atoms with Crippen LogP contribution < -0.4 is 16.0 Å². The van der Waals surface area contributed by atoms with Gasteiger partial charge in [-0.05, 0) is 19.3 Å². The van der Waals surface area contributed by atoms with Gasteiger partial charge in [0.05, 0.1) is 11.8 Å². The molecule has 1 atom stereocenters. The number of unbranched alkanes of at least 4 members (excludes halogenated alkanes) is 1. The summed E-state index contributed by atoms with van der Waals surface area (Å²) >= 11 is 0. The molecule has 1 amide bonds. The van der Waals surface area contributed by atoms with Crippen molar-refractivity contribution >= 4 is 17.7 Å². The monoisotopic (exact) mass is 331 g/mol. The highest BCUT2D eigenvalue weighted by Crippen LogP contribution is 2.12. The maximum Gasteiger partial charge on any atom is 0.224 e. The van der Waals surface area contributed by atoms with Gasteiger partial charge in [-0.2, -0.15) is 4.98 Å². The summed E-state index contributed by atoms with van der Waals surface area (Å²) in [5.74, 6) is 7.78. The largest absolute Gasteiger partial charge is 0.369 e. The van der Waals surface area contributed by atoms with Crippen LogP contribution in [0.4, 0.5) is 11.8 Å². The second-order valence-electron chi connectivity index (χ2n) is 5.64. The molecule has 0 bridgehead atoms. The van der Waals surface area contributed by atoms with Crippen molar-refractivity contribution in [2.75, 3.05) is 30.8 Å². The molecule has 0 aliphatic heterocycles. The van der Waals surface area contributed by atoms with Crippen LogP contribution in [0.2, 0.25) is 0 Å². The number of carbonyl (C=O) groups is 1. The molecule has 1 aromatic rings. The lowest BCUT2D eigenvalue weighted by Gasteiger charge is -2.08. The minimum atomic E-state index is 0.0751. The Morgan fingerprint density at radius 2 is 2.12 bits per heavy atom. The van der Waals surface area contributed by atoms with Crippen molar-refractivity contribution in [2.45, 2.75) is 46.5 Å². The molecule has 6 nitrogen and oxygen atoms in total. The quantitative estimate of drug-likeness (QED) is 0.479. The minimum absolute atomic E-state index is 0.0751. The molecule has 0 fully saturated rings. The first-order valence-electron chi connectivity index (χ1n) is 8.67. The third kappa shape index (κ3) is 6.86. The Hall–Kier alpha value is -2.29. The van der Waals surface area contributed by atoms with E-state index in [0.717, 1.165) is 43.6 Å². The molecule has 0 aliphatic rings. The molecule has 1 rings (SSSR count).